The zero-order chi connectivity index (χ0) is 12.3. The lowest BCUT2D eigenvalue weighted by Crippen LogP contribution is -2.33. The summed E-state index contributed by atoms with van der Waals surface area (Å²) in [5.74, 6) is 0. The van der Waals surface area contributed by atoms with Crippen LogP contribution in [-0.4, -0.2) is 20.8 Å². The molecule has 1 aromatic heterocycles. The highest BCUT2D eigenvalue weighted by molar-refractivity contribution is 7.98. The molecule has 0 unspecified atom stereocenters. The van der Waals surface area contributed by atoms with Crippen molar-refractivity contribution in [3.05, 3.63) is 56.9 Å². The summed E-state index contributed by atoms with van der Waals surface area (Å²) in [5.41, 5.74) is -0.0550. The molecule has 1 aromatic carbocycles. The lowest BCUT2D eigenvalue weighted by molar-refractivity contribution is 0.603. The van der Waals surface area contributed by atoms with Gasteiger partial charge in [-0.3, -0.25) is 9.55 Å². The summed E-state index contributed by atoms with van der Waals surface area (Å²) >= 11 is 1.27. The first-order valence-corrected chi connectivity index (χ1v) is 6.22. The molecule has 5 nitrogen and oxygen atoms in total. The van der Waals surface area contributed by atoms with E-state index in [4.69, 9.17) is 0 Å². The number of nitrogens with one attached hydrogen (secondary N) is 1. The fraction of sp³-hybridized carbons (Fsp3) is 0.182. The van der Waals surface area contributed by atoms with E-state index in [0.717, 1.165) is 5.56 Å². The third kappa shape index (κ3) is 2.65. The molecule has 0 bridgehead atoms. The van der Waals surface area contributed by atoms with E-state index in [0.29, 0.717) is 11.7 Å². The van der Waals surface area contributed by atoms with Crippen LogP contribution in [0.5, 0.6) is 0 Å². The number of hydrogen-bond acceptors (Lipinski definition) is 4. The number of aromatic amines is 1. The minimum absolute atomic E-state index is 0.402. The average Bonchev–Trinajstić information content (AvgIpc) is 2.33. The van der Waals surface area contributed by atoms with Gasteiger partial charge in [-0.15, -0.1) is 0 Å². The maximum absolute atomic E-state index is 11.7. The van der Waals surface area contributed by atoms with Gasteiger partial charge in [-0.05, 0) is 11.8 Å². The Morgan fingerprint density at radius 3 is 2.65 bits per heavy atom. The van der Waals surface area contributed by atoms with Gasteiger partial charge in [0.2, 0.25) is 0 Å². The van der Waals surface area contributed by atoms with E-state index in [-0.39, 0.29) is 0 Å². The van der Waals surface area contributed by atoms with Crippen molar-refractivity contribution in [2.24, 2.45) is 0 Å². The average molecular weight is 249 g/mol. The minimum Gasteiger partial charge on any atom is -0.268 e. The highest BCUT2D eigenvalue weighted by atomic mass is 32.2. The Bertz CT molecular complexity index is 619. The van der Waals surface area contributed by atoms with E-state index in [9.17, 15) is 9.59 Å². The molecule has 1 N–H and O–H groups in total. The normalized spacial score (nSPS) is 10.4. The van der Waals surface area contributed by atoms with Crippen molar-refractivity contribution in [2.75, 3.05) is 6.26 Å². The molecule has 0 radical (unpaired) electrons. The molecule has 17 heavy (non-hydrogen) atoms. The first-order chi connectivity index (χ1) is 8.20. The summed E-state index contributed by atoms with van der Waals surface area (Å²) in [4.78, 5) is 28.7. The highest BCUT2D eigenvalue weighted by Gasteiger charge is 2.06. The van der Waals surface area contributed by atoms with Crippen molar-refractivity contribution in [1.29, 1.82) is 0 Å². The van der Waals surface area contributed by atoms with Crippen molar-refractivity contribution < 1.29 is 0 Å². The van der Waals surface area contributed by atoms with Gasteiger partial charge in [0.15, 0.2) is 5.16 Å². The van der Waals surface area contributed by atoms with Crippen LogP contribution in [0.4, 0.5) is 0 Å². The second-order valence-electron chi connectivity index (χ2n) is 3.41. The monoisotopic (exact) mass is 249 g/mol. The fourth-order valence-corrected chi connectivity index (χ4v) is 2.02. The summed E-state index contributed by atoms with van der Waals surface area (Å²) in [7, 11) is 0. The van der Waals surface area contributed by atoms with Crippen LogP contribution in [0.25, 0.3) is 0 Å². The standard InChI is InChI=1S/C11H11N3O2S/c1-17-11-13-9(15)12-10(16)14(11)7-8-5-3-2-4-6-8/h2-6H,7H2,1H3,(H,12,15,16). The van der Waals surface area contributed by atoms with E-state index in [1.807, 2.05) is 30.3 Å². The van der Waals surface area contributed by atoms with Gasteiger partial charge in [0, 0.05) is 0 Å². The molecule has 2 aromatic rings. The van der Waals surface area contributed by atoms with E-state index < -0.39 is 11.4 Å². The first-order valence-electron chi connectivity index (χ1n) is 5.00. The number of aromatic nitrogens is 3. The van der Waals surface area contributed by atoms with Gasteiger partial charge in [0.25, 0.3) is 0 Å². The maximum atomic E-state index is 11.7. The zero-order valence-corrected chi connectivity index (χ0v) is 10.0. The molecule has 88 valence electrons. The molecule has 0 aliphatic heterocycles. The molecule has 0 amide bonds. The molecular weight excluding hydrogens is 238 g/mol. The third-order valence-electron chi connectivity index (χ3n) is 2.25. The predicted molar refractivity (Wildman–Crippen MR) is 66.4 cm³/mol. The molecule has 0 saturated carbocycles. The summed E-state index contributed by atoms with van der Waals surface area (Å²) < 4.78 is 1.45. The predicted octanol–water partition coefficient (Wildman–Crippen LogP) is 0.702. The van der Waals surface area contributed by atoms with Gasteiger partial charge in [-0.25, -0.2) is 9.59 Å². The van der Waals surface area contributed by atoms with Crippen molar-refractivity contribution in [1.82, 2.24) is 14.5 Å². The third-order valence-corrected chi connectivity index (χ3v) is 2.93. The Kier molecular flexibility index (Phi) is 3.43. The van der Waals surface area contributed by atoms with Gasteiger partial charge in [0.05, 0.1) is 6.54 Å². The van der Waals surface area contributed by atoms with Crippen LogP contribution in [0.1, 0.15) is 5.56 Å². The Balaban J connectivity index is 2.46. The molecule has 0 fully saturated rings. The topological polar surface area (TPSA) is 67.8 Å². The molecule has 0 spiro atoms. The Morgan fingerprint density at radius 1 is 1.29 bits per heavy atom. The number of H-pyrrole nitrogens is 1. The van der Waals surface area contributed by atoms with Crippen LogP contribution < -0.4 is 11.4 Å². The quantitative estimate of drug-likeness (QED) is 0.813. The molecule has 2 rings (SSSR count). The lowest BCUT2D eigenvalue weighted by Gasteiger charge is -2.08. The second-order valence-corrected chi connectivity index (χ2v) is 4.18. The molecule has 0 saturated heterocycles. The van der Waals surface area contributed by atoms with Crippen LogP contribution in [0.15, 0.2) is 45.1 Å². The van der Waals surface area contributed by atoms with E-state index in [2.05, 4.69) is 9.97 Å². The van der Waals surface area contributed by atoms with E-state index in [1.165, 1.54) is 16.3 Å². The van der Waals surface area contributed by atoms with Gasteiger partial charge >= 0.3 is 11.4 Å². The molecule has 6 heteroatoms. The summed E-state index contributed by atoms with van der Waals surface area (Å²) in [6.45, 7) is 0.402. The number of hydrogen-bond donors (Lipinski definition) is 1. The smallest absolute Gasteiger partial charge is 0.268 e. The van der Waals surface area contributed by atoms with Crippen LogP contribution >= 0.6 is 11.8 Å². The van der Waals surface area contributed by atoms with Crippen molar-refractivity contribution in [3.63, 3.8) is 0 Å². The number of thioether (sulfide) groups is 1. The molecule has 0 aliphatic carbocycles. The maximum Gasteiger partial charge on any atom is 0.351 e. The first kappa shape index (κ1) is 11.7. The SMILES string of the molecule is CSc1nc(=O)[nH]c(=O)n1Cc1ccccc1. The molecule has 1 heterocycles. The van der Waals surface area contributed by atoms with Crippen LogP contribution in [0.3, 0.4) is 0 Å². The van der Waals surface area contributed by atoms with Gasteiger partial charge in [-0.2, -0.15) is 4.98 Å². The fourth-order valence-electron chi connectivity index (χ4n) is 1.48. The Morgan fingerprint density at radius 2 is 2.00 bits per heavy atom. The molecular formula is C11H11N3O2S. The minimum atomic E-state index is -0.608. The Labute approximate surface area is 102 Å². The molecule has 0 atom stereocenters. The van der Waals surface area contributed by atoms with Crippen molar-refractivity contribution >= 4 is 11.8 Å². The van der Waals surface area contributed by atoms with E-state index in [1.54, 1.807) is 6.26 Å². The van der Waals surface area contributed by atoms with Gasteiger partial charge < -0.3 is 0 Å². The Hall–Kier alpha value is -1.82. The zero-order valence-electron chi connectivity index (χ0n) is 9.21. The summed E-state index contributed by atoms with van der Waals surface area (Å²) in [5, 5.41) is 0.419. The van der Waals surface area contributed by atoms with E-state index >= 15 is 0 Å². The van der Waals surface area contributed by atoms with Gasteiger partial charge in [0.1, 0.15) is 0 Å². The van der Waals surface area contributed by atoms with Crippen LogP contribution in [-0.2, 0) is 6.54 Å². The summed E-state index contributed by atoms with van der Waals surface area (Å²) in [6, 6.07) is 9.55. The van der Waals surface area contributed by atoms with Crippen LogP contribution in [0.2, 0.25) is 0 Å². The van der Waals surface area contributed by atoms with Crippen molar-refractivity contribution in [2.45, 2.75) is 11.7 Å². The van der Waals surface area contributed by atoms with Crippen molar-refractivity contribution in [3.8, 4) is 0 Å². The number of rotatable bonds is 3. The number of nitrogens with zero attached hydrogens (tertiary/aromatic N) is 2. The summed E-state index contributed by atoms with van der Waals surface area (Å²) in [6.07, 6.45) is 1.78. The number of benzene rings is 1. The molecule has 0 aliphatic rings. The van der Waals surface area contributed by atoms with Gasteiger partial charge in [-0.1, -0.05) is 42.1 Å². The van der Waals surface area contributed by atoms with Crippen LogP contribution in [0, 0.1) is 0 Å². The second kappa shape index (κ2) is 5.01. The largest absolute Gasteiger partial charge is 0.351 e. The highest BCUT2D eigenvalue weighted by Crippen LogP contribution is 2.09. The lowest BCUT2D eigenvalue weighted by atomic mass is 10.2.